The molecule has 0 saturated heterocycles. The largest absolute Gasteiger partial charge is 0.441 e. The van der Waals surface area contributed by atoms with Crippen molar-refractivity contribution in [2.75, 3.05) is 14.1 Å². The predicted octanol–water partition coefficient (Wildman–Crippen LogP) is 2.94. The molecule has 1 fully saturated rings. The van der Waals surface area contributed by atoms with Gasteiger partial charge in [0.05, 0.1) is 12.7 Å². The van der Waals surface area contributed by atoms with Crippen LogP contribution in [0.15, 0.2) is 23.3 Å². The first-order valence-electron chi connectivity index (χ1n) is 7.40. The normalized spacial score (nSPS) is 20.4. The minimum absolute atomic E-state index is 0.0750. The summed E-state index contributed by atoms with van der Waals surface area (Å²) in [6.45, 7) is 6.48. The lowest BCUT2D eigenvalue weighted by molar-refractivity contribution is -0.0549. The molecule has 1 N–H and O–H groups in total. The van der Waals surface area contributed by atoms with Gasteiger partial charge in [0.2, 0.25) is 5.89 Å². The smallest absolute Gasteiger partial charge is 0.227 e. The number of hydrogen-bond donors (Lipinski definition) is 1. The molecule has 1 aliphatic rings. The molecule has 0 spiro atoms. The first kappa shape index (κ1) is 15.3. The lowest BCUT2D eigenvalue weighted by Crippen LogP contribution is -2.36. The van der Waals surface area contributed by atoms with Crippen molar-refractivity contribution >= 4 is 0 Å². The summed E-state index contributed by atoms with van der Waals surface area (Å²) in [5.41, 5.74) is -1.03. The van der Waals surface area contributed by atoms with Crippen LogP contribution in [-0.4, -0.2) is 29.1 Å². The lowest BCUT2D eigenvalue weighted by atomic mass is 9.73. The average Bonchev–Trinajstić information content (AvgIpc) is 2.80. The van der Waals surface area contributed by atoms with E-state index in [0.717, 1.165) is 5.76 Å². The Morgan fingerprint density at radius 3 is 2.80 bits per heavy atom. The van der Waals surface area contributed by atoms with Crippen molar-refractivity contribution in [3.8, 4) is 0 Å². The quantitative estimate of drug-likeness (QED) is 0.779. The van der Waals surface area contributed by atoms with Crippen molar-refractivity contribution < 1.29 is 9.52 Å². The second-order valence-electron chi connectivity index (χ2n) is 6.32. The fourth-order valence-electron chi connectivity index (χ4n) is 2.69. The van der Waals surface area contributed by atoms with E-state index in [1.165, 1.54) is 19.3 Å². The van der Waals surface area contributed by atoms with E-state index in [9.17, 15) is 5.11 Å². The van der Waals surface area contributed by atoms with Crippen LogP contribution in [0.1, 0.15) is 44.3 Å². The summed E-state index contributed by atoms with van der Waals surface area (Å²) in [5.74, 6) is 1.72. The van der Waals surface area contributed by atoms with Gasteiger partial charge in [-0.25, -0.2) is 4.98 Å². The third-order valence-electron chi connectivity index (χ3n) is 4.33. The van der Waals surface area contributed by atoms with Crippen LogP contribution < -0.4 is 0 Å². The van der Waals surface area contributed by atoms with E-state index >= 15 is 0 Å². The molecule has 2 rings (SSSR count). The fraction of sp³-hybridized carbons (Fsp3) is 0.688. The van der Waals surface area contributed by atoms with Gasteiger partial charge in [0, 0.05) is 5.92 Å². The highest BCUT2D eigenvalue weighted by Crippen LogP contribution is 2.42. The van der Waals surface area contributed by atoms with Crippen LogP contribution in [0, 0.1) is 11.8 Å². The van der Waals surface area contributed by atoms with Crippen molar-refractivity contribution in [2.45, 2.75) is 44.8 Å². The molecule has 0 aliphatic heterocycles. The first-order chi connectivity index (χ1) is 9.45. The summed E-state index contributed by atoms with van der Waals surface area (Å²) < 4.78 is 5.80. The molecule has 4 heteroatoms. The zero-order chi connectivity index (χ0) is 14.8. The molecule has 1 saturated carbocycles. The Kier molecular flexibility index (Phi) is 4.66. The van der Waals surface area contributed by atoms with Gasteiger partial charge in [-0.3, -0.25) is 0 Å². The van der Waals surface area contributed by atoms with Crippen molar-refractivity contribution in [3.05, 3.63) is 30.5 Å². The Morgan fingerprint density at radius 1 is 1.60 bits per heavy atom. The van der Waals surface area contributed by atoms with Crippen molar-refractivity contribution in [2.24, 2.45) is 11.8 Å². The summed E-state index contributed by atoms with van der Waals surface area (Å²) in [5, 5.41) is 11.1. The van der Waals surface area contributed by atoms with E-state index in [0.29, 0.717) is 24.8 Å². The topological polar surface area (TPSA) is 49.5 Å². The van der Waals surface area contributed by atoms with Crippen LogP contribution in [0.3, 0.4) is 0 Å². The Bertz CT molecular complexity index is 451. The van der Waals surface area contributed by atoms with Gasteiger partial charge in [-0.2, -0.15) is 0 Å². The Balaban J connectivity index is 2.20. The molecule has 20 heavy (non-hydrogen) atoms. The summed E-state index contributed by atoms with van der Waals surface area (Å²) in [6.07, 6.45) is 7.86. The van der Waals surface area contributed by atoms with E-state index in [1.54, 1.807) is 12.3 Å². The Labute approximate surface area is 121 Å². The van der Waals surface area contributed by atoms with Gasteiger partial charge in [-0.05, 0) is 26.4 Å². The van der Waals surface area contributed by atoms with Crippen LogP contribution in [-0.2, 0) is 12.1 Å². The monoisotopic (exact) mass is 278 g/mol. The highest BCUT2D eigenvalue weighted by Gasteiger charge is 2.42. The van der Waals surface area contributed by atoms with Gasteiger partial charge in [0.15, 0.2) is 0 Å². The van der Waals surface area contributed by atoms with Crippen molar-refractivity contribution in [1.29, 1.82) is 0 Å². The number of hydrogen-bond acceptors (Lipinski definition) is 4. The molecule has 112 valence electrons. The van der Waals surface area contributed by atoms with Crippen LogP contribution in [0.25, 0.3) is 0 Å². The summed E-state index contributed by atoms with van der Waals surface area (Å²) >= 11 is 0. The Hall–Kier alpha value is -1.13. The minimum atomic E-state index is -1.03. The van der Waals surface area contributed by atoms with E-state index in [2.05, 4.69) is 11.6 Å². The van der Waals surface area contributed by atoms with Gasteiger partial charge in [0.1, 0.15) is 11.4 Å². The van der Waals surface area contributed by atoms with E-state index in [4.69, 9.17) is 4.42 Å². The average molecular weight is 278 g/mol. The number of aliphatic hydroxyl groups is 1. The van der Waals surface area contributed by atoms with Gasteiger partial charge in [0.25, 0.3) is 0 Å². The van der Waals surface area contributed by atoms with Crippen LogP contribution in [0.2, 0.25) is 0 Å². The molecule has 4 nitrogen and oxygen atoms in total. The molecule has 2 atom stereocenters. The SMILES string of the molecule is C=CC(C)C(O)(CC1CCC1)c1ncc(CN(C)C)o1. The maximum absolute atomic E-state index is 11.1. The molecule has 1 aromatic rings. The number of aromatic nitrogens is 1. The molecule has 2 unspecified atom stereocenters. The van der Waals surface area contributed by atoms with Crippen molar-refractivity contribution in [3.63, 3.8) is 0 Å². The number of rotatable bonds is 7. The lowest BCUT2D eigenvalue weighted by Gasteiger charge is -2.36. The molecule has 0 bridgehead atoms. The van der Waals surface area contributed by atoms with Gasteiger partial charge >= 0.3 is 0 Å². The zero-order valence-corrected chi connectivity index (χ0v) is 12.8. The second-order valence-corrected chi connectivity index (χ2v) is 6.32. The van der Waals surface area contributed by atoms with Crippen molar-refractivity contribution in [1.82, 2.24) is 9.88 Å². The molecule has 0 aromatic carbocycles. The van der Waals surface area contributed by atoms with Crippen LogP contribution in [0.4, 0.5) is 0 Å². The summed E-state index contributed by atoms with van der Waals surface area (Å²) in [4.78, 5) is 6.35. The van der Waals surface area contributed by atoms with E-state index in [1.807, 2.05) is 25.9 Å². The third-order valence-corrected chi connectivity index (χ3v) is 4.33. The summed E-state index contributed by atoms with van der Waals surface area (Å²) in [6, 6.07) is 0. The molecule has 0 amide bonds. The maximum Gasteiger partial charge on any atom is 0.227 e. The predicted molar refractivity (Wildman–Crippen MR) is 79.1 cm³/mol. The summed E-state index contributed by atoms with van der Waals surface area (Å²) in [7, 11) is 3.96. The first-order valence-corrected chi connectivity index (χ1v) is 7.40. The molecule has 0 radical (unpaired) electrons. The highest BCUT2D eigenvalue weighted by molar-refractivity contribution is 5.08. The molecule has 1 heterocycles. The number of nitrogens with zero attached hydrogens (tertiary/aromatic N) is 2. The fourth-order valence-corrected chi connectivity index (χ4v) is 2.69. The van der Waals surface area contributed by atoms with Gasteiger partial charge < -0.3 is 14.4 Å². The van der Waals surface area contributed by atoms with Gasteiger partial charge in [-0.1, -0.05) is 32.3 Å². The zero-order valence-electron chi connectivity index (χ0n) is 12.8. The Morgan fingerprint density at radius 2 is 2.30 bits per heavy atom. The van der Waals surface area contributed by atoms with Gasteiger partial charge in [-0.15, -0.1) is 6.58 Å². The third kappa shape index (κ3) is 3.13. The highest BCUT2D eigenvalue weighted by atomic mass is 16.4. The van der Waals surface area contributed by atoms with Crippen LogP contribution in [0.5, 0.6) is 0 Å². The molecule has 1 aromatic heterocycles. The maximum atomic E-state index is 11.1. The molecule has 1 aliphatic carbocycles. The van der Waals surface area contributed by atoms with E-state index < -0.39 is 5.60 Å². The molecular formula is C16H26N2O2. The molecular weight excluding hydrogens is 252 g/mol. The van der Waals surface area contributed by atoms with E-state index in [-0.39, 0.29) is 5.92 Å². The van der Waals surface area contributed by atoms with Crippen LogP contribution >= 0.6 is 0 Å². The second kappa shape index (κ2) is 6.10. The minimum Gasteiger partial charge on any atom is -0.441 e. The number of oxazole rings is 1. The standard InChI is InChI=1S/C16H26N2O2/c1-5-12(2)16(19,9-13-7-6-8-13)15-17-10-14(20-15)11-18(3)4/h5,10,12-13,19H,1,6-9,11H2,2-4H3.